The molecular formula is C14H21NO2. The highest BCUT2D eigenvalue weighted by Crippen LogP contribution is 2.21. The van der Waals surface area contributed by atoms with Crippen molar-refractivity contribution in [2.45, 2.75) is 25.4 Å². The molecule has 0 bridgehead atoms. The Hall–Kier alpha value is -1.06. The van der Waals surface area contributed by atoms with E-state index in [9.17, 15) is 0 Å². The third-order valence-corrected chi connectivity index (χ3v) is 3.12. The Morgan fingerprint density at radius 2 is 2.18 bits per heavy atom. The van der Waals surface area contributed by atoms with Crippen molar-refractivity contribution >= 4 is 5.69 Å². The van der Waals surface area contributed by atoms with Gasteiger partial charge in [-0.15, -0.1) is 0 Å². The summed E-state index contributed by atoms with van der Waals surface area (Å²) in [6, 6.07) is 8.50. The van der Waals surface area contributed by atoms with Crippen LogP contribution in [0.3, 0.4) is 0 Å². The lowest BCUT2D eigenvalue weighted by Crippen LogP contribution is -2.22. The van der Waals surface area contributed by atoms with Gasteiger partial charge in [0.05, 0.1) is 6.10 Å². The molecule has 3 nitrogen and oxygen atoms in total. The molecule has 0 saturated carbocycles. The van der Waals surface area contributed by atoms with Crippen LogP contribution in [-0.4, -0.2) is 33.0 Å². The summed E-state index contributed by atoms with van der Waals surface area (Å²) in [5.74, 6) is 0. The van der Waals surface area contributed by atoms with Gasteiger partial charge in [-0.05, 0) is 30.9 Å². The minimum absolute atomic E-state index is 0.319. The molecule has 94 valence electrons. The summed E-state index contributed by atoms with van der Waals surface area (Å²) in [5, 5.41) is 3.46. The van der Waals surface area contributed by atoms with Gasteiger partial charge in [-0.3, -0.25) is 0 Å². The number of anilines is 1. The second-order valence-corrected chi connectivity index (χ2v) is 4.42. The molecule has 3 heteroatoms. The van der Waals surface area contributed by atoms with E-state index in [0.717, 1.165) is 39.0 Å². The molecule has 1 heterocycles. The number of hydrogen-bond acceptors (Lipinski definition) is 3. The molecule has 0 amide bonds. The molecule has 1 atom stereocenters. The minimum Gasteiger partial charge on any atom is -0.385 e. The third kappa shape index (κ3) is 3.72. The average Bonchev–Trinajstić information content (AvgIpc) is 2.58. The smallest absolute Gasteiger partial charge is 0.0750 e. The van der Waals surface area contributed by atoms with E-state index in [2.05, 4.69) is 29.6 Å². The molecule has 1 unspecified atom stereocenters. The van der Waals surface area contributed by atoms with Crippen molar-refractivity contribution in [3.05, 3.63) is 29.8 Å². The molecule has 1 aliphatic rings. The van der Waals surface area contributed by atoms with Gasteiger partial charge in [0.25, 0.3) is 0 Å². The van der Waals surface area contributed by atoms with Crippen LogP contribution in [0.5, 0.6) is 0 Å². The molecule has 0 spiro atoms. The zero-order valence-electron chi connectivity index (χ0n) is 10.4. The maximum Gasteiger partial charge on any atom is 0.0750 e. The molecular weight excluding hydrogens is 214 g/mol. The second kappa shape index (κ2) is 6.62. The van der Waals surface area contributed by atoms with E-state index in [4.69, 9.17) is 9.47 Å². The first-order valence-electron chi connectivity index (χ1n) is 6.32. The number of nitrogens with one attached hydrogen (secondary N) is 1. The van der Waals surface area contributed by atoms with Crippen LogP contribution in [0.15, 0.2) is 24.3 Å². The topological polar surface area (TPSA) is 30.5 Å². The van der Waals surface area contributed by atoms with Crippen molar-refractivity contribution in [2.24, 2.45) is 0 Å². The molecule has 0 aliphatic carbocycles. The Morgan fingerprint density at radius 3 is 3.06 bits per heavy atom. The molecule has 2 rings (SSSR count). The fraction of sp³-hybridized carbons (Fsp3) is 0.571. The van der Waals surface area contributed by atoms with Crippen LogP contribution < -0.4 is 5.32 Å². The molecule has 0 saturated heterocycles. The highest BCUT2D eigenvalue weighted by molar-refractivity contribution is 5.51. The van der Waals surface area contributed by atoms with E-state index in [1.807, 2.05) is 0 Å². The Balaban J connectivity index is 1.78. The van der Waals surface area contributed by atoms with Crippen molar-refractivity contribution in [3.63, 3.8) is 0 Å². The monoisotopic (exact) mass is 235 g/mol. The molecule has 1 aromatic carbocycles. The first-order chi connectivity index (χ1) is 8.40. The predicted molar refractivity (Wildman–Crippen MR) is 69.5 cm³/mol. The van der Waals surface area contributed by atoms with Crippen molar-refractivity contribution in [2.75, 3.05) is 32.2 Å². The lowest BCUT2D eigenvalue weighted by molar-refractivity contribution is 0.0432. The summed E-state index contributed by atoms with van der Waals surface area (Å²) in [6.07, 6.45) is 3.48. The van der Waals surface area contributed by atoms with Crippen LogP contribution in [0.25, 0.3) is 0 Å². The number of para-hydroxylation sites is 1. The van der Waals surface area contributed by atoms with Crippen molar-refractivity contribution in [1.82, 2.24) is 0 Å². The first kappa shape index (κ1) is 12.4. The van der Waals surface area contributed by atoms with E-state index >= 15 is 0 Å². The maximum absolute atomic E-state index is 5.85. The van der Waals surface area contributed by atoms with Crippen molar-refractivity contribution in [1.29, 1.82) is 0 Å². The highest BCUT2D eigenvalue weighted by Gasteiger charge is 2.15. The van der Waals surface area contributed by atoms with Crippen LogP contribution in [0.2, 0.25) is 0 Å². The quantitative estimate of drug-likeness (QED) is 0.795. The summed E-state index contributed by atoms with van der Waals surface area (Å²) in [5.41, 5.74) is 2.66. The lowest BCUT2D eigenvalue weighted by Gasteiger charge is -2.15. The summed E-state index contributed by atoms with van der Waals surface area (Å²) in [7, 11) is 1.73. The van der Waals surface area contributed by atoms with Crippen molar-refractivity contribution < 1.29 is 9.47 Å². The Kier molecular flexibility index (Phi) is 4.83. The van der Waals surface area contributed by atoms with Gasteiger partial charge in [0, 0.05) is 32.6 Å². The number of methoxy groups -OCH3 is 1. The summed E-state index contributed by atoms with van der Waals surface area (Å²) in [4.78, 5) is 0. The first-order valence-corrected chi connectivity index (χ1v) is 6.32. The van der Waals surface area contributed by atoms with Gasteiger partial charge in [0.15, 0.2) is 0 Å². The normalized spacial score (nSPS) is 19.2. The van der Waals surface area contributed by atoms with Gasteiger partial charge in [0.1, 0.15) is 0 Å². The molecule has 1 aliphatic heterocycles. The van der Waals surface area contributed by atoms with Crippen LogP contribution in [0.4, 0.5) is 5.69 Å². The largest absolute Gasteiger partial charge is 0.385 e. The predicted octanol–water partition coefficient (Wildman–Crippen LogP) is 2.47. The fourth-order valence-corrected chi connectivity index (χ4v) is 2.15. The van der Waals surface area contributed by atoms with Crippen LogP contribution in [-0.2, 0) is 15.9 Å². The zero-order chi connectivity index (χ0) is 11.9. The van der Waals surface area contributed by atoms with Gasteiger partial charge >= 0.3 is 0 Å². The number of hydrogen-bond donors (Lipinski definition) is 1. The lowest BCUT2D eigenvalue weighted by atomic mass is 10.1. The Morgan fingerprint density at radius 1 is 1.29 bits per heavy atom. The summed E-state index contributed by atoms with van der Waals surface area (Å²) < 4.78 is 10.9. The number of fused-ring (bicyclic) bond motifs is 1. The van der Waals surface area contributed by atoms with Gasteiger partial charge in [0.2, 0.25) is 0 Å². The number of ether oxygens (including phenoxy) is 2. The minimum atomic E-state index is 0.319. The molecule has 0 aromatic heterocycles. The summed E-state index contributed by atoms with van der Waals surface area (Å²) in [6.45, 7) is 2.47. The molecule has 0 radical (unpaired) electrons. The standard InChI is InChI=1S/C14H21NO2/c1-16-9-4-10-17-13-8-7-12-5-2-3-6-14(12)15-11-13/h2-3,5-6,13,15H,4,7-11H2,1H3. The third-order valence-electron chi connectivity index (χ3n) is 3.12. The van der Waals surface area contributed by atoms with E-state index < -0.39 is 0 Å². The van der Waals surface area contributed by atoms with Crippen LogP contribution in [0, 0.1) is 0 Å². The number of benzene rings is 1. The average molecular weight is 235 g/mol. The Bertz CT molecular complexity index is 314. The van der Waals surface area contributed by atoms with Crippen LogP contribution in [0.1, 0.15) is 18.4 Å². The van der Waals surface area contributed by atoms with E-state index in [-0.39, 0.29) is 0 Å². The zero-order valence-corrected chi connectivity index (χ0v) is 10.4. The fourth-order valence-electron chi connectivity index (χ4n) is 2.15. The van der Waals surface area contributed by atoms with Gasteiger partial charge < -0.3 is 14.8 Å². The SMILES string of the molecule is COCCCOC1CCc2ccccc2NC1. The maximum atomic E-state index is 5.85. The molecule has 0 fully saturated rings. The molecule has 17 heavy (non-hydrogen) atoms. The van der Waals surface area contributed by atoms with Gasteiger partial charge in [-0.2, -0.15) is 0 Å². The molecule has 1 N–H and O–H groups in total. The van der Waals surface area contributed by atoms with Crippen LogP contribution >= 0.6 is 0 Å². The van der Waals surface area contributed by atoms with E-state index in [1.165, 1.54) is 11.3 Å². The number of aryl methyl sites for hydroxylation is 1. The number of rotatable bonds is 5. The summed E-state index contributed by atoms with van der Waals surface area (Å²) >= 11 is 0. The Labute approximate surface area is 103 Å². The van der Waals surface area contributed by atoms with Gasteiger partial charge in [-0.1, -0.05) is 18.2 Å². The van der Waals surface area contributed by atoms with Gasteiger partial charge in [-0.25, -0.2) is 0 Å². The van der Waals surface area contributed by atoms with Crippen molar-refractivity contribution in [3.8, 4) is 0 Å². The van der Waals surface area contributed by atoms with E-state index in [0.29, 0.717) is 6.10 Å². The second-order valence-electron chi connectivity index (χ2n) is 4.42. The highest BCUT2D eigenvalue weighted by atomic mass is 16.5. The van der Waals surface area contributed by atoms with E-state index in [1.54, 1.807) is 7.11 Å². The molecule has 1 aromatic rings.